The molecule has 0 amide bonds. The van der Waals surface area contributed by atoms with Gasteiger partial charge in [-0.15, -0.1) is 0 Å². The average molecular weight is 136 g/mol. The standard InChI is InChI=1S/C10H16/c1-3-9(2)10-7-5-4-6-8-10/h3,5,7,10H,4,6,8H2,1-2H3/b9-3+. The van der Waals surface area contributed by atoms with E-state index in [4.69, 9.17) is 0 Å². The summed E-state index contributed by atoms with van der Waals surface area (Å²) in [6, 6.07) is 0. The van der Waals surface area contributed by atoms with Crippen LogP contribution in [0.5, 0.6) is 0 Å². The molecule has 0 bridgehead atoms. The molecule has 0 fully saturated rings. The summed E-state index contributed by atoms with van der Waals surface area (Å²) in [6.07, 6.45) is 10.9. The van der Waals surface area contributed by atoms with Crippen molar-refractivity contribution in [1.82, 2.24) is 0 Å². The molecule has 0 nitrogen and oxygen atoms in total. The highest BCUT2D eigenvalue weighted by atomic mass is 14.1. The topological polar surface area (TPSA) is 0 Å². The molecule has 0 aromatic heterocycles. The lowest BCUT2D eigenvalue weighted by molar-refractivity contribution is 0.604. The summed E-state index contributed by atoms with van der Waals surface area (Å²) < 4.78 is 0. The van der Waals surface area contributed by atoms with Gasteiger partial charge in [0.2, 0.25) is 0 Å². The molecule has 1 rings (SSSR count). The van der Waals surface area contributed by atoms with Gasteiger partial charge >= 0.3 is 0 Å². The lowest BCUT2D eigenvalue weighted by Crippen LogP contribution is -2.01. The van der Waals surface area contributed by atoms with Crippen molar-refractivity contribution in [3.63, 3.8) is 0 Å². The van der Waals surface area contributed by atoms with Crippen LogP contribution in [0, 0.1) is 5.92 Å². The van der Waals surface area contributed by atoms with Crippen LogP contribution in [0.3, 0.4) is 0 Å². The maximum atomic E-state index is 2.35. The summed E-state index contributed by atoms with van der Waals surface area (Å²) in [5.41, 5.74) is 1.52. The highest BCUT2D eigenvalue weighted by Gasteiger charge is 2.08. The molecule has 1 aliphatic rings. The molecule has 0 saturated carbocycles. The van der Waals surface area contributed by atoms with Gasteiger partial charge in [0.1, 0.15) is 0 Å². The second-order valence-corrected chi connectivity index (χ2v) is 3.00. The number of allylic oxidation sites excluding steroid dienone is 4. The summed E-state index contributed by atoms with van der Waals surface area (Å²) in [4.78, 5) is 0. The van der Waals surface area contributed by atoms with Crippen molar-refractivity contribution in [3.8, 4) is 0 Å². The predicted octanol–water partition coefficient (Wildman–Crippen LogP) is 3.31. The lowest BCUT2D eigenvalue weighted by atomic mass is 9.90. The Balaban J connectivity index is 2.55. The Labute approximate surface area is 63.6 Å². The molecule has 0 N–H and O–H groups in total. The first kappa shape index (κ1) is 7.59. The largest absolute Gasteiger partial charge is 0.0881 e. The first-order valence-electron chi connectivity index (χ1n) is 4.14. The van der Waals surface area contributed by atoms with Gasteiger partial charge in [0, 0.05) is 0 Å². The van der Waals surface area contributed by atoms with E-state index in [1.165, 1.54) is 24.8 Å². The van der Waals surface area contributed by atoms with Gasteiger partial charge in [0.05, 0.1) is 0 Å². The Morgan fingerprint density at radius 1 is 1.60 bits per heavy atom. The number of hydrogen-bond donors (Lipinski definition) is 0. The Morgan fingerprint density at radius 2 is 2.40 bits per heavy atom. The number of rotatable bonds is 1. The van der Waals surface area contributed by atoms with E-state index in [-0.39, 0.29) is 0 Å². The zero-order valence-electron chi connectivity index (χ0n) is 6.93. The van der Waals surface area contributed by atoms with E-state index in [1.54, 1.807) is 0 Å². The van der Waals surface area contributed by atoms with Gasteiger partial charge in [-0.1, -0.05) is 23.8 Å². The van der Waals surface area contributed by atoms with Gasteiger partial charge in [-0.25, -0.2) is 0 Å². The van der Waals surface area contributed by atoms with E-state index >= 15 is 0 Å². The van der Waals surface area contributed by atoms with E-state index in [9.17, 15) is 0 Å². The van der Waals surface area contributed by atoms with E-state index in [1.807, 2.05) is 0 Å². The highest BCUT2D eigenvalue weighted by molar-refractivity contribution is 5.11. The van der Waals surface area contributed by atoms with Crippen molar-refractivity contribution >= 4 is 0 Å². The molecule has 0 aromatic carbocycles. The molecule has 10 heavy (non-hydrogen) atoms. The van der Waals surface area contributed by atoms with Crippen LogP contribution in [-0.2, 0) is 0 Å². The van der Waals surface area contributed by atoms with Crippen LogP contribution in [0.2, 0.25) is 0 Å². The summed E-state index contributed by atoms with van der Waals surface area (Å²) >= 11 is 0. The minimum Gasteiger partial charge on any atom is -0.0881 e. The van der Waals surface area contributed by atoms with E-state index in [0.717, 1.165) is 5.92 Å². The summed E-state index contributed by atoms with van der Waals surface area (Å²) in [5.74, 6) is 0.749. The van der Waals surface area contributed by atoms with E-state index in [2.05, 4.69) is 32.1 Å². The van der Waals surface area contributed by atoms with Crippen LogP contribution in [-0.4, -0.2) is 0 Å². The summed E-state index contributed by atoms with van der Waals surface area (Å²) in [5, 5.41) is 0. The first-order valence-corrected chi connectivity index (χ1v) is 4.14. The SMILES string of the molecule is C/C=C(\C)C1C=CCCC1. The van der Waals surface area contributed by atoms with Gasteiger partial charge in [-0.05, 0) is 39.0 Å². The van der Waals surface area contributed by atoms with E-state index < -0.39 is 0 Å². The minimum absolute atomic E-state index is 0.749. The summed E-state index contributed by atoms with van der Waals surface area (Å²) in [6.45, 7) is 4.35. The van der Waals surface area contributed by atoms with Crippen molar-refractivity contribution in [2.75, 3.05) is 0 Å². The van der Waals surface area contributed by atoms with Crippen molar-refractivity contribution in [3.05, 3.63) is 23.8 Å². The fourth-order valence-electron chi connectivity index (χ4n) is 1.41. The Morgan fingerprint density at radius 3 is 2.90 bits per heavy atom. The zero-order chi connectivity index (χ0) is 7.40. The summed E-state index contributed by atoms with van der Waals surface area (Å²) in [7, 11) is 0. The van der Waals surface area contributed by atoms with Crippen LogP contribution >= 0.6 is 0 Å². The van der Waals surface area contributed by atoms with Crippen molar-refractivity contribution in [2.45, 2.75) is 33.1 Å². The van der Waals surface area contributed by atoms with Crippen LogP contribution in [0.4, 0.5) is 0 Å². The fourth-order valence-corrected chi connectivity index (χ4v) is 1.41. The van der Waals surface area contributed by atoms with Crippen LogP contribution in [0.1, 0.15) is 33.1 Å². The molecule has 56 valence electrons. The van der Waals surface area contributed by atoms with Crippen molar-refractivity contribution in [1.29, 1.82) is 0 Å². The van der Waals surface area contributed by atoms with E-state index in [0.29, 0.717) is 0 Å². The second kappa shape index (κ2) is 3.60. The third kappa shape index (κ3) is 1.73. The molecule has 0 radical (unpaired) electrons. The molecule has 0 saturated heterocycles. The van der Waals surface area contributed by atoms with Gasteiger partial charge in [0.15, 0.2) is 0 Å². The van der Waals surface area contributed by atoms with Crippen LogP contribution in [0.25, 0.3) is 0 Å². The third-order valence-corrected chi connectivity index (χ3v) is 2.29. The second-order valence-electron chi connectivity index (χ2n) is 3.00. The zero-order valence-corrected chi connectivity index (χ0v) is 6.93. The maximum absolute atomic E-state index is 2.35. The van der Waals surface area contributed by atoms with Crippen LogP contribution < -0.4 is 0 Å². The molecule has 0 heterocycles. The lowest BCUT2D eigenvalue weighted by Gasteiger charge is -2.16. The van der Waals surface area contributed by atoms with Gasteiger partial charge in [-0.3, -0.25) is 0 Å². The Bertz CT molecular complexity index is 151. The molecule has 1 atom stereocenters. The Hall–Kier alpha value is -0.520. The maximum Gasteiger partial charge on any atom is -0.00261 e. The molecular formula is C10H16. The molecule has 0 heteroatoms. The third-order valence-electron chi connectivity index (χ3n) is 2.29. The molecular weight excluding hydrogens is 120 g/mol. The molecule has 1 aliphatic carbocycles. The van der Waals surface area contributed by atoms with Gasteiger partial charge in [0.25, 0.3) is 0 Å². The molecule has 0 spiro atoms. The fraction of sp³-hybridized carbons (Fsp3) is 0.600. The molecule has 0 aliphatic heterocycles. The quantitative estimate of drug-likeness (QED) is 0.485. The number of hydrogen-bond acceptors (Lipinski definition) is 0. The Kier molecular flexibility index (Phi) is 2.73. The predicted molar refractivity (Wildman–Crippen MR) is 45.9 cm³/mol. The average Bonchev–Trinajstić information content (AvgIpc) is 2.05. The molecule has 0 aromatic rings. The smallest absolute Gasteiger partial charge is 0.00261 e. The normalized spacial score (nSPS) is 27.0. The van der Waals surface area contributed by atoms with Gasteiger partial charge < -0.3 is 0 Å². The van der Waals surface area contributed by atoms with Crippen molar-refractivity contribution < 1.29 is 0 Å². The molecule has 1 unspecified atom stereocenters. The van der Waals surface area contributed by atoms with Crippen molar-refractivity contribution in [2.24, 2.45) is 5.92 Å². The monoisotopic (exact) mass is 136 g/mol. The van der Waals surface area contributed by atoms with Crippen LogP contribution in [0.15, 0.2) is 23.8 Å². The highest BCUT2D eigenvalue weighted by Crippen LogP contribution is 2.23. The minimum atomic E-state index is 0.749. The first-order chi connectivity index (χ1) is 4.84. The van der Waals surface area contributed by atoms with Gasteiger partial charge in [-0.2, -0.15) is 0 Å².